The van der Waals surface area contributed by atoms with Crippen molar-refractivity contribution in [1.29, 1.82) is 0 Å². The highest BCUT2D eigenvalue weighted by molar-refractivity contribution is 7.98. The third-order valence-corrected chi connectivity index (χ3v) is 7.30. The molecule has 0 aliphatic rings. The lowest BCUT2D eigenvalue weighted by Gasteiger charge is -2.06. The molecular weight excluding hydrogens is 426 g/mol. The minimum Gasteiger partial charge on any atom is -0.309 e. The topological polar surface area (TPSA) is 101 Å². The fraction of sp³-hybridized carbons (Fsp3) is 0.211. The Morgan fingerprint density at radius 1 is 1.28 bits per heavy atom. The second-order valence-corrected chi connectivity index (χ2v) is 9.35. The number of rotatable bonds is 5. The van der Waals surface area contributed by atoms with Crippen LogP contribution >= 0.6 is 34.4 Å². The first kappa shape index (κ1) is 19.7. The number of thioether (sulfide) groups is 1. The Hall–Kier alpha value is -2.56. The summed E-state index contributed by atoms with van der Waals surface area (Å²) in [4.78, 5) is 34.9. The summed E-state index contributed by atoms with van der Waals surface area (Å²) in [6.45, 7) is 5.88. The normalized spacial score (nSPS) is 11.1. The van der Waals surface area contributed by atoms with Gasteiger partial charge in [0.25, 0.3) is 11.5 Å². The molecule has 3 aromatic heterocycles. The predicted molar refractivity (Wildman–Crippen MR) is 118 cm³/mol. The highest BCUT2D eigenvalue weighted by atomic mass is 32.2. The first-order valence-corrected chi connectivity index (χ1v) is 11.4. The monoisotopic (exact) mass is 443 g/mol. The average Bonchev–Trinajstić information content (AvgIpc) is 3.30. The lowest BCUT2D eigenvalue weighted by atomic mass is 10.2. The van der Waals surface area contributed by atoms with Crippen LogP contribution in [-0.4, -0.2) is 26.1 Å². The van der Waals surface area contributed by atoms with Gasteiger partial charge < -0.3 is 4.98 Å². The van der Waals surface area contributed by atoms with Gasteiger partial charge in [-0.25, -0.2) is 4.98 Å². The van der Waals surface area contributed by atoms with E-state index in [1.165, 1.54) is 33.8 Å². The van der Waals surface area contributed by atoms with E-state index in [4.69, 9.17) is 0 Å². The van der Waals surface area contributed by atoms with Crippen LogP contribution in [-0.2, 0) is 5.75 Å². The molecule has 2 N–H and O–H groups in total. The van der Waals surface area contributed by atoms with Crippen LogP contribution in [0, 0.1) is 20.8 Å². The quantitative estimate of drug-likeness (QED) is 0.446. The van der Waals surface area contributed by atoms with Gasteiger partial charge in [-0.3, -0.25) is 14.9 Å². The number of fused-ring (bicyclic) bond motifs is 1. The third kappa shape index (κ3) is 4.09. The number of nitrogens with zero attached hydrogens (tertiary/aromatic N) is 3. The van der Waals surface area contributed by atoms with Gasteiger partial charge in [-0.2, -0.15) is 0 Å². The maximum absolute atomic E-state index is 12.7. The van der Waals surface area contributed by atoms with E-state index in [0.29, 0.717) is 37.4 Å². The van der Waals surface area contributed by atoms with Crippen LogP contribution in [0.3, 0.4) is 0 Å². The molecule has 0 bridgehead atoms. The molecule has 29 heavy (non-hydrogen) atoms. The largest absolute Gasteiger partial charge is 0.309 e. The van der Waals surface area contributed by atoms with Gasteiger partial charge in [0.05, 0.1) is 16.0 Å². The molecule has 0 saturated heterocycles. The predicted octanol–water partition coefficient (Wildman–Crippen LogP) is 4.31. The van der Waals surface area contributed by atoms with Gasteiger partial charge in [0.15, 0.2) is 0 Å². The molecule has 0 unspecified atom stereocenters. The number of amides is 1. The van der Waals surface area contributed by atoms with E-state index in [2.05, 4.69) is 57.5 Å². The van der Waals surface area contributed by atoms with E-state index in [9.17, 15) is 9.59 Å². The van der Waals surface area contributed by atoms with Crippen LogP contribution in [0.1, 0.15) is 32.2 Å². The molecule has 0 atom stereocenters. The van der Waals surface area contributed by atoms with Crippen LogP contribution in [0.2, 0.25) is 0 Å². The fourth-order valence-electron chi connectivity index (χ4n) is 2.86. The molecule has 1 amide bonds. The van der Waals surface area contributed by atoms with Crippen molar-refractivity contribution in [1.82, 2.24) is 20.2 Å². The Bertz CT molecular complexity index is 1260. The molecule has 10 heteroatoms. The second kappa shape index (κ2) is 8.05. The molecule has 1 aromatic carbocycles. The molecule has 7 nitrogen and oxygen atoms in total. The SMILES string of the molecule is Cc1ccc(C)c(SCc2nc3sc(C(=O)Nc4nncs4)c(C)c3c(=O)[nH]2)c1. The molecule has 0 aliphatic heterocycles. The summed E-state index contributed by atoms with van der Waals surface area (Å²) >= 11 is 4.08. The zero-order valence-electron chi connectivity index (χ0n) is 15.9. The van der Waals surface area contributed by atoms with Gasteiger partial charge in [0.2, 0.25) is 5.13 Å². The van der Waals surface area contributed by atoms with E-state index in [1.54, 1.807) is 24.2 Å². The van der Waals surface area contributed by atoms with Crippen molar-refractivity contribution in [2.24, 2.45) is 0 Å². The van der Waals surface area contributed by atoms with Crippen LogP contribution in [0.15, 0.2) is 33.4 Å². The fourth-order valence-corrected chi connectivity index (χ4v) is 5.39. The first-order chi connectivity index (χ1) is 13.9. The van der Waals surface area contributed by atoms with E-state index in [0.717, 1.165) is 4.90 Å². The van der Waals surface area contributed by atoms with Gasteiger partial charge in [-0.15, -0.1) is 33.3 Å². The Kier molecular flexibility index (Phi) is 5.48. The molecule has 3 heterocycles. The zero-order chi connectivity index (χ0) is 20.5. The number of nitrogens with one attached hydrogen (secondary N) is 2. The van der Waals surface area contributed by atoms with Gasteiger partial charge >= 0.3 is 0 Å². The summed E-state index contributed by atoms with van der Waals surface area (Å²) in [6.07, 6.45) is 0. The van der Waals surface area contributed by atoms with Gasteiger partial charge in [-0.1, -0.05) is 29.0 Å². The third-order valence-electron chi connectivity index (χ3n) is 4.34. The standard InChI is InChI=1S/C19H17N5O2S3/c1-9-4-5-10(2)12(6-9)27-7-13-21-16(25)14-11(3)15(29-18(14)22-13)17(26)23-19-24-20-8-28-19/h4-6,8H,7H2,1-3H3,(H,21,22,25)(H,23,24,26). The number of thiophene rings is 1. The maximum Gasteiger partial charge on any atom is 0.267 e. The van der Waals surface area contributed by atoms with Crippen LogP contribution in [0.4, 0.5) is 5.13 Å². The first-order valence-electron chi connectivity index (χ1n) is 8.72. The number of anilines is 1. The number of hydrogen-bond donors (Lipinski definition) is 2. The van der Waals surface area contributed by atoms with Gasteiger partial charge in [0, 0.05) is 4.90 Å². The maximum atomic E-state index is 12.7. The smallest absolute Gasteiger partial charge is 0.267 e. The summed E-state index contributed by atoms with van der Waals surface area (Å²) in [5.41, 5.74) is 4.31. The van der Waals surface area contributed by atoms with E-state index in [-0.39, 0.29) is 11.5 Å². The Morgan fingerprint density at radius 3 is 2.86 bits per heavy atom. The Morgan fingerprint density at radius 2 is 2.10 bits per heavy atom. The molecular formula is C19H17N5O2S3. The highest BCUT2D eigenvalue weighted by Gasteiger charge is 2.20. The number of H-pyrrole nitrogens is 1. The van der Waals surface area contributed by atoms with E-state index < -0.39 is 0 Å². The van der Waals surface area contributed by atoms with Crippen molar-refractivity contribution in [2.45, 2.75) is 31.4 Å². The molecule has 0 radical (unpaired) electrons. The average molecular weight is 444 g/mol. The lowest BCUT2D eigenvalue weighted by molar-refractivity contribution is 0.103. The molecule has 0 fully saturated rings. The minimum absolute atomic E-state index is 0.227. The molecule has 148 valence electrons. The lowest BCUT2D eigenvalue weighted by Crippen LogP contribution is -2.13. The summed E-state index contributed by atoms with van der Waals surface area (Å²) in [7, 11) is 0. The summed E-state index contributed by atoms with van der Waals surface area (Å²) in [5, 5.41) is 11.1. The molecule has 4 rings (SSSR count). The molecule has 0 spiro atoms. The number of benzene rings is 1. The van der Waals surface area contributed by atoms with Crippen molar-refractivity contribution in [3.63, 3.8) is 0 Å². The van der Waals surface area contributed by atoms with Crippen molar-refractivity contribution in [2.75, 3.05) is 5.32 Å². The number of aromatic amines is 1. The minimum atomic E-state index is -0.312. The van der Waals surface area contributed by atoms with Crippen molar-refractivity contribution < 1.29 is 4.79 Å². The Balaban J connectivity index is 1.62. The van der Waals surface area contributed by atoms with Crippen LogP contribution < -0.4 is 10.9 Å². The highest BCUT2D eigenvalue weighted by Crippen LogP contribution is 2.30. The van der Waals surface area contributed by atoms with Crippen molar-refractivity contribution >= 4 is 55.7 Å². The van der Waals surface area contributed by atoms with Crippen molar-refractivity contribution in [3.8, 4) is 0 Å². The summed E-state index contributed by atoms with van der Waals surface area (Å²) in [6, 6.07) is 6.29. The van der Waals surface area contributed by atoms with Crippen LogP contribution in [0.5, 0.6) is 0 Å². The molecule has 4 aromatic rings. The van der Waals surface area contributed by atoms with Gasteiger partial charge in [-0.05, 0) is 38.0 Å². The number of aryl methyl sites for hydroxylation is 3. The van der Waals surface area contributed by atoms with Gasteiger partial charge in [0.1, 0.15) is 16.2 Å². The van der Waals surface area contributed by atoms with Crippen molar-refractivity contribution in [3.05, 3.63) is 61.5 Å². The number of carbonyl (C=O) groups is 1. The number of carbonyl (C=O) groups excluding carboxylic acids is 1. The molecule has 0 saturated carbocycles. The summed E-state index contributed by atoms with van der Waals surface area (Å²) in [5.74, 6) is 0.817. The number of aromatic nitrogens is 4. The summed E-state index contributed by atoms with van der Waals surface area (Å²) < 4.78 is 0. The zero-order valence-corrected chi connectivity index (χ0v) is 18.3. The van der Waals surface area contributed by atoms with E-state index >= 15 is 0 Å². The molecule has 0 aliphatic carbocycles. The Labute approximate surface area is 178 Å². The number of hydrogen-bond acceptors (Lipinski definition) is 8. The second-order valence-electron chi connectivity index (χ2n) is 6.50. The van der Waals surface area contributed by atoms with E-state index in [1.807, 2.05) is 0 Å². The van der Waals surface area contributed by atoms with Crippen LogP contribution in [0.25, 0.3) is 10.2 Å².